The van der Waals surface area contributed by atoms with Crippen molar-refractivity contribution >= 4 is 50.7 Å². The molecule has 8 nitrogen and oxygen atoms in total. The van der Waals surface area contributed by atoms with Crippen LogP contribution in [0.1, 0.15) is 50.2 Å². The van der Waals surface area contributed by atoms with Crippen LogP contribution < -0.4 is 14.4 Å². The van der Waals surface area contributed by atoms with E-state index in [-0.39, 0.29) is 24.9 Å². The summed E-state index contributed by atoms with van der Waals surface area (Å²) in [6.45, 7) is 1.83. The second-order valence-corrected chi connectivity index (χ2v) is 13.7. The quantitative estimate of drug-likeness (QED) is 0.234. The van der Waals surface area contributed by atoms with Crippen molar-refractivity contribution in [3.8, 4) is 5.75 Å². The zero-order valence-corrected chi connectivity index (χ0v) is 27.4. The van der Waals surface area contributed by atoms with Crippen LogP contribution in [0, 0.1) is 0 Å². The predicted octanol–water partition coefficient (Wildman–Crippen LogP) is 6.25. The van der Waals surface area contributed by atoms with Gasteiger partial charge in [0.2, 0.25) is 21.8 Å². The number of sulfonamides is 1. The van der Waals surface area contributed by atoms with E-state index in [9.17, 15) is 18.0 Å². The number of carbonyl (C=O) groups is 2. The van der Waals surface area contributed by atoms with Gasteiger partial charge in [0.15, 0.2) is 0 Å². The SMILES string of the molecule is CCOc1ccc(N(CC(=O)N(Cc2ccc(Cl)c(Cl)c2)[C@@H](Cc2ccccc2)C(=O)NC2CCCCC2)S(C)(=O)=O)cc1. The molecule has 0 unspecified atom stereocenters. The zero-order valence-electron chi connectivity index (χ0n) is 25.0. The normalized spacial score (nSPS) is 14.5. The molecule has 4 rings (SSSR count). The van der Waals surface area contributed by atoms with Gasteiger partial charge in [-0.25, -0.2) is 8.42 Å². The Bertz CT molecular complexity index is 1510. The number of nitrogens with zero attached hydrogens (tertiary/aromatic N) is 2. The Morgan fingerprint density at radius 1 is 0.932 bits per heavy atom. The maximum atomic E-state index is 14.3. The number of amides is 2. The molecule has 3 aromatic carbocycles. The largest absolute Gasteiger partial charge is 0.494 e. The van der Waals surface area contributed by atoms with Crippen molar-refractivity contribution in [2.75, 3.05) is 23.7 Å². The van der Waals surface area contributed by atoms with Crippen LogP contribution in [0.15, 0.2) is 72.8 Å². The minimum absolute atomic E-state index is 0.0200. The number of ether oxygens (including phenoxy) is 1. The topological polar surface area (TPSA) is 96.0 Å². The molecular weight excluding hydrogens is 621 g/mol. The van der Waals surface area contributed by atoms with Crippen LogP contribution in [-0.2, 0) is 32.6 Å². The Labute approximate surface area is 270 Å². The predicted molar refractivity (Wildman–Crippen MR) is 176 cm³/mol. The molecule has 2 amide bonds. The van der Waals surface area contributed by atoms with Crippen molar-refractivity contribution in [3.63, 3.8) is 0 Å². The summed E-state index contributed by atoms with van der Waals surface area (Å²) in [5.41, 5.74) is 1.84. The third kappa shape index (κ3) is 9.36. The van der Waals surface area contributed by atoms with E-state index in [0.717, 1.165) is 48.2 Å². The van der Waals surface area contributed by atoms with Crippen LogP contribution in [0.25, 0.3) is 0 Å². The second kappa shape index (κ2) is 15.6. The van der Waals surface area contributed by atoms with Crippen molar-refractivity contribution in [3.05, 3.63) is 94.0 Å². The summed E-state index contributed by atoms with van der Waals surface area (Å²) in [6, 6.07) is 20.1. The van der Waals surface area contributed by atoms with Gasteiger partial charge in [-0.15, -0.1) is 0 Å². The van der Waals surface area contributed by atoms with Crippen molar-refractivity contribution in [1.29, 1.82) is 0 Å². The number of rotatable bonds is 13. The molecule has 1 aliphatic carbocycles. The lowest BCUT2D eigenvalue weighted by Crippen LogP contribution is -2.55. The van der Waals surface area contributed by atoms with Crippen molar-refractivity contribution in [2.45, 2.75) is 64.1 Å². The highest BCUT2D eigenvalue weighted by molar-refractivity contribution is 7.92. The van der Waals surface area contributed by atoms with Gasteiger partial charge in [-0.05, 0) is 67.3 Å². The van der Waals surface area contributed by atoms with Crippen LogP contribution in [0.3, 0.4) is 0 Å². The molecule has 0 spiro atoms. The number of halogens is 2. The molecule has 1 N–H and O–H groups in total. The van der Waals surface area contributed by atoms with E-state index in [1.807, 2.05) is 37.3 Å². The lowest BCUT2D eigenvalue weighted by molar-refractivity contribution is -0.140. The maximum absolute atomic E-state index is 14.3. The number of hydrogen-bond donors (Lipinski definition) is 1. The highest BCUT2D eigenvalue weighted by Crippen LogP contribution is 2.26. The van der Waals surface area contributed by atoms with Crippen LogP contribution >= 0.6 is 23.2 Å². The fourth-order valence-corrected chi connectivity index (χ4v) is 6.59. The van der Waals surface area contributed by atoms with Crippen LogP contribution in [-0.4, -0.2) is 56.6 Å². The first kappa shape index (κ1) is 33.6. The Morgan fingerprint density at radius 3 is 2.23 bits per heavy atom. The van der Waals surface area contributed by atoms with Gasteiger partial charge in [-0.2, -0.15) is 0 Å². The highest BCUT2D eigenvalue weighted by atomic mass is 35.5. The Kier molecular flexibility index (Phi) is 11.9. The molecule has 1 atom stereocenters. The molecule has 0 heterocycles. The van der Waals surface area contributed by atoms with Gasteiger partial charge in [0.05, 0.1) is 28.6 Å². The first-order valence-electron chi connectivity index (χ1n) is 14.8. The van der Waals surface area contributed by atoms with Gasteiger partial charge in [0, 0.05) is 19.0 Å². The zero-order chi connectivity index (χ0) is 31.7. The van der Waals surface area contributed by atoms with E-state index in [1.165, 1.54) is 4.90 Å². The van der Waals surface area contributed by atoms with Gasteiger partial charge in [-0.3, -0.25) is 13.9 Å². The fraction of sp³-hybridized carbons (Fsp3) is 0.394. The molecule has 3 aromatic rings. The summed E-state index contributed by atoms with van der Waals surface area (Å²) in [6.07, 6.45) is 6.26. The van der Waals surface area contributed by atoms with Crippen LogP contribution in [0.2, 0.25) is 10.0 Å². The molecule has 0 aliphatic heterocycles. The standard InChI is InChI=1S/C33H39Cl2N3O5S/c1-3-43-28-17-15-27(16-18-28)38(44(2,41)42)23-32(39)37(22-25-14-19-29(34)30(35)20-25)31(21-24-10-6-4-7-11-24)33(40)36-26-12-8-5-9-13-26/h4,6-7,10-11,14-20,26,31H,3,5,8-9,12-13,21-23H2,1-2H3,(H,36,40)/t31-/m0/s1. The maximum Gasteiger partial charge on any atom is 0.244 e. The molecule has 0 radical (unpaired) electrons. The van der Waals surface area contributed by atoms with Crippen LogP contribution in [0.5, 0.6) is 5.75 Å². The molecule has 1 saturated carbocycles. The van der Waals surface area contributed by atoms with E-state index in [4.69, 9.17) is 27.9 Å². The molecule has 1 fully saturated rings. The first-order valence-corrected chi connectivity index (χ1v) is 17.4. The minimum atomic E-state index is -3.88. The molecule has 0 saturated heterocycles. The number of hydrogen-bond acceptors (Lipinski definition) is 5. The monoisotopic (exact) mass is 659 g/mol. The summed E-state index contributed by atoms with van der Waals surface area (Å²) in [4.78, 5) is 29.8. The number of benzene rings is 3. The van der Waals surface area contributed by atoms with Gasteiger partial charge in [-0.1, -0.05) is 78.9 Å². The summed E-state index contributed by atoms with van der Waals surface area (Å²) in [5, 5.41) is 3.87. The number of anilines is 1. The Hall–Kier alpha value is -3.27. The molecule has 11 heteroatoms. The first-order chi connectivity index (χ1) is 21.0. The average Bonchev–Trinajstić information content (AvgIpc) is 3.00. The van der Waals surface area contributed by atoms with E-state index in [1.54, 1.807) is 42.5 Å². The van der Waals surface area contributed by atoms with Gasteiger partial charge in [0.25, 0.3) is 0 Å². The van der Waals surface area contributed by atoms with Gasteiger partial charge >= 0.3 is 0 Å². The van der Waals surface area contributed by atoms with Crippen molar-refractivity contribution in [2.24, 2.45) is 0 Å². The van der Waals surface area contributed by atoms with E-state index in [2.05, 4.69) is 5.32 Å². The smallest absolute Gasteiger partial charge is 0.244 e. The highest BCUT2D eigenvalue weighted by Gasteiger charge is 2.34. The second-order valence-electron chi connectivity index (χ2n) is 11.0. The third-order valence-corrected chi connectivity index (χ3v) is 9.55. The number of carbonyl (C=O) groups excluding carboxylic acids is 2. The Morgan fingerprint density at radius 2 is 1.61 bits per heavy atom. The average molecular weight is 661 g/mol. The van der Waals surface area contributed by atoms with E-state index >= 15 is 0 Å². The third-order valence-electron chi connectivity index (χ3n) is 7.67. The lowest BCUT2D eigenvalue weighted by atomic mass is 9.94. The van der Waals surface area contributed by atoms with E-state index < -0.39 is 28.5 Å². The molecule has 1 aliphatic rings. The molecular formula is C33H39Cl2N3O5S. The van der Waals surface area contributed by atoms with Gasteiger partial charge < -0.3 is 15.0 Å². The summed E-state index contributed by atoms with van der Waals surface area (Å²) in [5.74, 6) is -0.226. The number of nitrogens with one attached hydrogen (secondary N) is 1. The van der Waals surface area contributed by atoms with Crippen molar-refractivity contribution in [1.82, 2.24) is 10.2 Å². The van der Waals surface area contributed by atoms with E-state index in [0.29, 0.717) is 33.7 Å². The molecule has 0 bridgehead atoms. The summed E-state index contributed by atoms with van der Waals surface area (Å²) in [7, 11) is -3.88. The van der Waals surface area contributed by atoms with Gasteiger partial charge in [0.1, 0.15) is 18.3 Å². The minimum Gasteiger partial charge on any atom is -0.494 e. The molecule has 0 aromatic heterocycles. The molecule has 236 valence electrons. The van der Waals surface area contributed by atoms with Crippen molar-refractivity contribution < 1.29 is 22.7 Å². The Balaban J connectivity index is 1.72. The molecule has 44 heavy (non-hydrogen) atoms. The lowest BCUT2D eigenvalue weighted by Gasteiger charge is -2.35. The summed E-state index contributed by atoms with van der Waals surface area (Å²) < 4.78 is 32.6. The van der Waals surface area contributed by atoms with Crippen LogP contribution in [0.4, 0.5) is 5.69 Å². The summed E-state index contributed by atoms with van der Waals surface area (Å²) >= 11 is 12.5. The fourth-order valence-electron chi connectivity index (χ4n) is 5.42.